The fraction of sp³-hybridized carbons (Fsp3) is 0.389. The van der Waals surface area contributed by atoms with Crippen LogP contribution in [0.3, 0.4) is 0 Å². The van der Waals surface area contributed by atoms with Crippen LogP contribution in [0.1, 0.15) is 35.4 Å². The minimum atomic E-state index is -4.60. The summed E-state index contributed by atoms with van der Waals surface area (Å²) in [6, 6.07) is 5.66. The molecule has 1 amide bonds. The fourth-order valence-corrected chi connectivity index (χ4v) is 5.21. The molecule has 0 unspecified atom stereocenters. The van der Waals surface area contributed by atoms with Crippen molar-refractivity contribution in [3.8, 4) is 6.07 Å². The van der Waals surface area contributed by atoms with E-state index in [1.807, 2.05) is 6.07 Å². The van der Waals surface area contributed by atoms with E-state index in [4.69, 9.17) is 5.26 Å². The Labute approximate surface area is 165 Å². The number of hydrogen-bond acceptors (Lipinski definition) is 5. The van der Waals surface area contributed by atoms with E-state index in [2.05, 4.69) is 10.3 Å². The molecular formula is C18H17F3N4O3S. The normalized spacial score (nSPS) is 16.0. The molecule has 0 aromatic carbocycles. The third kappa shape index (κ3) is 3.98. The highest BCUT2D eigenvalue weighted by atomic mass is 32.2. The van der Waals surface area contributed by atoms with Crippen LogP contribution in [0, 0.1) is 16.7 Å². The number of nitrogens with one attached hydrogen (secondary N) is 1. The first kappa shape index (κ1) is 20.9. The number of anilines is 1. The first-order chi connectivity index (χ1) is 13.5. The maximum absolute atomic E-state index is 13.4. The van der Waals surface area contributed by atoms with Crippen molar-refractivity contribution in [2.75, 3.05) is 11.1 Å². The van der Waals surface area contributed by atoms with E-state index in [9.17, 15) is 26.4 Å². The average molecular weight is 426 g/mol. The zero-order valence-corrected chi connectivity index (χ0v) is 16.1. The summed E-state index contributed by atoms with van der Waals surface area (Å²) < 4.78 is 66.6. The van der Waals surface area contributed by atoms with Gasteiger partial charge in [-0.15, -0.1) is 0 Å². The van der Waals surface area contributed by atoms with Gasteiger partial charge in [0.25, 0.3) is 5.91 Å². The summed E-state index contributed by atoms with van der Waals surface area (Å²) in [6.07, 6.45) is -2.27. The molecule has 0 aliphatic heterocycles. The van der Waals surface area contributed by atoms with Crippen molar-refractivity contribution in [3.05, 3.63) is 42.0 Å². The number of carbonyl (C=O) groups is 1. The molecular weight excluding hydrogens is 409 g/mol. The molecule has 0 radical (unpaired) electrons. The van der Waals surface area contributed by atoms with Gasteiger partial charge in [-0.2, -0.15) is 18.4 Å². The number of hydrogen-bond donors (Lipinski definition) is 1. The number of amides is 1. The van der Waals surface area contributed by atoms with Crippen molar-refractivity contribution < 1.29 is 26.4 Å². The molecule has 0 atom stereocenters. The molecule has 0 saturated heterocycles. The highest BCUT2D eigenvalue weighted by Crippen LogP contribution is 2.54. The van der Waals surface area contributed by atoms with Gasteiger partial charge in [0.05, 0.1) is 16.1 Å². The van der Waals surface area contributed by atoms with Gasteiger partial charge in [-0.05, 0) is 31.0 Å². The third-order valence-electron chi connectivity index (χ3n) is 5.08. The number of halogens is 3. The van der Waals surface area contributed by atoms with Gasteiger partial charge in [0.2, 0.25) is 0 Å². The van der Waals surface area contributed by atoms with Gasteiger partial charge in [-0.1, -0.05) is 6.42 Å². The molecule has 0 bridgehead atoms. The molecule has 3 rings (SSSR count). The van der Waals surface area contributed by atoms with E-state index in [1.54, 1.807) is 0 Å². The van der Waals surface area contributed by atoms with Crippen LogP contribution in [0.15, 0.2) is 35.5 Å². The third-order valence-corrected chi connectivity index (χ3v) is 6.96. The van der Waals surface area contributed by atoms with Crippen molar-refractivity contribution in [1.82, 2.24) is 9.55 Å². The standard InChI is InChI=1S/C18H17F3N4O3S/c1-25-10-14(29(27,28)11-17(4-2-5-17)18(19,20)21)8-15(25)16(26)24-12-3-6-23-13(7-12)9-22/h3,6-8,10H,2,4-5,11H2,1H3,(H,23,24,26). The van der Waals surface area contributed by atoms with Gasteiger partial charge < -0.3 is 9.88 Å². The van der Waals surface area contributed by atoms with Gasteiger partial charge in [-0.3, -0.25) is 4.79 Å². The first-order valence-electron chi connectivity index (χ1n) is 8.61. The summed E-state index contributed by atoms with van der Waals surface area (Å²) in [5.41, 5.74) is -1.92. The SMILES string of the molecule is Cn1cc(S(=O)(=O)CC2(C(F)(F)F)CCC2)cc1C(=O)Nc1ccnc(C#N)c1. The monoisotopic (exact) mass is 426 g/mol. The molecule has 2 aromatic heterocycles. The minimum absolute atomic E-state index is 0.0476. The van der Waals surface area contributed by atoms with Gasteiger partial charge in [-0.25, -0.2) is 13.4 Å². The average Bonchev–Trinajstić information content (AvgIpc) is 3.00. The second kappa shape index (κ2) is 7.18. The van der Waals surface area contributed by atoms with Crippen molar-refractivity contribution >= 4 is 21.4 Å². The molecule has 1 N–H and O–H groups in total. The molecule has 154 valence electrons. The van der Waals surface area contributed by atoms with E-state index >= 15 is 0 Å². The van der Waals surface area contributed by atoms with E-state index < -0.39 is 33.1 Å². The number of nitrogens with zero attached hydrogens (tertiary/aromatic N) is 3. The van der Waals surface area contributed by atoms with Crippen molar-refractivity contribution in [3.63, 3.8) is 0 Å². The highest BCUT2D eigenvalue weighted by Gasteiger charge is 2.60. The lowest BCUT2D eigenvalue weighted by Crippen LogP contribution is -2.48. The fourth-order valence-electron chi connectivity index (χ4n) is 3.25. The highest BCUT2D eigenvalue weighted by molar-refractivity contribution is 7.91. The lowest BCUT2D eigenvalue weighted by molar-refractivity contribution is -0.241. The van der Waals surface area contributed by atoms with Crippen molar-refractivity contribution in [2.24, 2.45) is 12.5 Å². The Balaban J connectivity index is 1.84. The molecule has 0 spiro atoms. The molecule has 2 heterocycles. The number of sulfone groups is 1. The minimum Gasteiger partial charge on any atom is -0.345 e. The predicted octanol–water partition coefficient (Wildman–Crippen LogP) is 3.05. The van der Waals surface area contributed by atoms with Gasteiger partial charge in [0.1, 0.15) is 17.5 Å². The van der Waals surface area contributed by atoms with Crippen LogP contribution in [0.5, 0.6) is 0 Å². The second-order valence-corrected chi connectivity index (χ2v) is 9.05. The Bertz CT molecular complexity index is 1100. The van der Waals surface area contributed by atoms with Crippen LogP contribution in [-0.4, -0.2) is 35.8 Å². The van der Waals surface area contributed by atoms with Gasteiger partial charge in [0.15, 0.2) is 9.84 Å². The topological polar surface area (TPSA) is 105 Å². The Hall–Kier alpha value is -2.87. The number of rotatable bonds is 5. The summed E-state index contributed by atoms with van der Waals surface area (Å²) in [4.78, 5) is 15.9. The quantitative estimate of drug-likeness (QED) is 0.791. The second-order valence-electron chi connectivity index (χ2n) is 7.06. The summed E-state index contributed by atoms with van der Waals surface area (Å²) in [5, 5.41) is 11.4. The maximum atomic E-state index is 13.4. The Morgan fingerprint density at radius 1 is 1.38 bits per heavy atom. The Kier molecular flexibility index (Phi) is 5.17. The van der Waals surface area contributed by atoms with E-state index in [0.717, 1.165) is 12.3 Å². The molecule has 1 fully saturated rings. The number of aromatic nitrogens is 2. The van der Waals surface area contributed by atoms with Crippen molar-refractivity contribution in [2.45, 2.75) is 30.3 Å². The maximum Gasteiger partial charge on any atom is 0.395 e. The Morgan fingerprint density at radius 2 is 2.07 bits per heavy atom. The van der Waals surface area contributed by atoms with Crippen LogP contribution in [0.2, 0.25) is 0 Å². The lowest BCUT2D eigenvalue weighted by Gasteiger charge is -2.42. The lowest BCUT2D eigenvalue weighted by atomic mass is 9.70. The number of aryl methyl sites for hydroxylation is 1. The van der Waals surface area contributed by atoms with Gasteiger partial charge >= 0.3 is 6.18 Å². The molecule has 1 saturated carbocycles. The predicted molar refractivity (Wildman–Crippen MR) is 96.7 cm³/mol. The number of alkyl halides is 3. The van der Waals surface area contributed by atoms with Crippen LogP contribution in [-0.2, 0) is 16.9 Å². The molecule has 11 heteroatoms. The smallest absolute Gasteiger partial charge is 0.345 e. The molecule has 2 aromatic rings. The molecule has 7 nitrogen and oxygen atoms in total. The Morgan fingerprint density at radius 3 is 2.62 bits per heavy atom. The molecule has 29 heavy (non-hydrogen) atoms. The zero-order chi connectivity index (χ0) is 21.4. The summed E-state index contributed by atoms with van der Waals surface area (Å²) >= 11 is 0. The zero-order valence-electron chi connectivity index (χ0n) is 15.3. The van der Waals surface area contributed by atoms with E-state index in [1.165, 1.54) is 29.9 Å². The molecule has 1 aliphatic rings. The van der Waals surface area contributed by atoms with E-state index in [0.29, 0.717) is 6.42 Å². The van der Waals surface area contributed by atoms with Crippen LogP contribution >= 0.6 is 0 Å². The van der Waals surface area contributed by atoms with Crippen LogP contribution < -0.4 is 5.32 Å². The van der Waals surface area contributed by atoms with Crippen LogP contribution in [0.4, 0.5) is 18.9 Å². The number of nitriles is 1. The van der Waals surface area contributed by atoms with Gasteiger partial charge in [0, 0.05) is 25.1 Å². The van der Waals surface area contributed by atoms with Crippen molar-refractivity contribution in [1.29, 1.82) is 5.26 Å². The summed E-state index contributed by atoms with van der Waals surface area (Å²) in [5.74, 6) is -1.71. The van der Waals surface area contributed by atoms with Crippen LogP contribution in [0.25, 0.3) is 0 Å². The number of pyridine rings is 1. The largest absolute Gasteiger partial charge is 0.395 e. The summed E-state index contributed by atoms with van der Waals surface area (Å²) in [7, 11) is -2.83. The molecule has 1 aliphatic carbocycles. The summed E-state index contributed by atoms with van der Waals surface area (Å²) in [6.45, 7) is 0. The van der Waals surface area contributed by atoms with E-state index in [-0.39, 0.29) is 34.8 Å². The number of carbonyl (C=O) groups excluding carboxylic acids is 1. The first-order valence-corrected chi connectivity index (χ1v) is 10.3.